The Labute approximate surface area is 95.4 Å². The van der Waals surface area contributed by atoms with E-state index in [2.05, 4.69) is 0 Å². The lowest BCUT2D eigenvalue weighted by molar-refractivity contribution is 0.571. The van der Waals surface area contributed by atoms with E-state index < -0.39 is 15.7 Å². The molecule has 0 aliphatic carbocycles. The summed E-state index contributed by atoms with van der Waals surface area (Å²) in [4.78, 5) is -0.000139. The average Bonchev–Trinajstić information content (AvgIpc) is 2.19. The monoisotopic (exact) mass is 245 g/mol. The van der Waals surface area contributed by atoms with E-state index >= 15 is 0 Å². The number of rotatable bonds is 4. The second kappa shape index (κ2) is 4.82. The van der Waals surface area contributed by atoms with Crippen molar-refractivity contribution in [2.24, 2.45) is 5.92 Å². The van der Waals surface area contributed by atoms with Crippen molar-refractivity contribution in [3.8, 4) is 0 Å². The standard InChI is InChI=1S/C11H16FNO2S/c1-8(2)5-6-16(14,15)9-3-4-11(13)10(12)7-9/h3-4,7-8H,5-6,13H2,1-2H3. The minimum Gasteiger partial charge on any atom is -0.396 e. The Morgan fingerprint density at radius 2 is 2.00 bits per heavy atom. The van der Waals surface area contributed by atoms with Crippen molar-refractivity contribution in [3.63, 3.8) is 0 Å². The van der Waals surface area contributed by atoms with Crippen LogP contribution >= 0.6 is 0 Å². The summed E-state index contributed by atoms with van der Waals surface area (Å²) in [6, 6.07) is 3.59. The zero-order valence-electron chi connectivity index (χ0n) is 9.40. The van der Waals surface area contributed by atoms with Crippen molar-refractivity contribution in [2.45, 2.75) is 25.2 Å². The van der Waals surface area contributed by atoms with Crippen LogP contribution in [0.25, 0.3) is 0 Å². The molecule has 1 aromatic rings. The summed E-state index contributed by atoms with van der Waals surface area (Å²) in [5.74, 6) is -0.354. The molecule has 0 bridgehead atoms. The smallest absolute Gasteiger partial charge is 0.178 e. The van der Waals surface area contributed by atoms with Gasteiger partial charge in [0, 0.05) is 0 Å². The Morgan fingerprint density at radius 1 is 1.38 bits per heavy atom. The third-order valence-electron chi connectivity index (χ3n) is 2.29. The summed E-state index contributed by atoms with van der Waals surface area (Å²) in [7, 11) is -3.39. The van der Waals surface area contributed by atoms with Crippen molar-refractivity contribution < 1.29 is 12.8 Å². The minimum atomic E-state index is -3.39. The predicted octanol–water partition coefficient (Wildman–Crippen LogP) is 2.23. The molecule has 0 heterocycles. The molecule has 0 saturated carbocycles. The van der Waals surface area contributed by atoms with Crippen molar-refractivity contribution >= 4 is 15.5 Å². The first-order chi connectivity index (χ1) is 7.33. The fourth-order valence-corrected chi connectivity index (χ4v) is 2.79. The predicted molar refractivity (Wildman–Crippen MR) is 62.3 cm³/mol. The van der Waals surface area contributed by atoms with E-state index in [0.29, 0.717) is 12.3 Å². The van der Waals surface area contributed by atoms with Gasteiger partial charge in [0.15, 0.2) is 9.84 Å². The summed E-state index contributed by atoms with van der Waals surface area (Å²) in [6.07, 6.45) is 0.564. The van der Waals surface area contributed by atoms with Gasteiger partial charge in [-0.1, -0.05) is 13.8 Å². The molecular weight excluding hydrogens is 229 g/mol. The van der Waals surface area contributed by atoms with Crippen LogP contribution in [0, 0.1) is 11.7 Å². The molecule has 0 aromatic heterocycles. The van der Waals surface area contributed by atoms with Crippen LogP contribution in [0.4, 0.5) is 10.1 Å². The lowest BCUT2D eigenvalue weighted by Gasteiger charge is -2.07. The Hall–Kier alpha value is -1.10. The molecule has 16 heavy (non-hydrogen) atoms. The number of sulfone groups is 1. The molecule has 1 rings (SSSR count). The number of hydrogen-bond donors (Lipinski definition) is 1. The van der Waals surface area contributed by atoms with Crippen LogP contribution in [0.15, 0.2) is 23.1 Å². The summed E-state index contributed by atoms with van der Waals surface area (Å²) in [5.41, 5.74) is 5.25. The van der Waals surface area contributed by atoms with E-state index in [1.807, 2.05) is 13.8 Å². The first kappa shape index (κ1) is 13.0. The second-order valence-electron chi connectivity index (χ2n) is 4.18. The summed E-state index contributed by atoms with van der Waals surface area (Å²) >= 11 is 0. The topological polar surface area (TPSA) is 60.2 Å². The van der Waals surface area contributed by atoms with Gasteiger partial charge < -0.3 is 5.73 Å². The maximum Gasteiger partial charge on any atom is 0.178 e. The van der Waals surface area contributed by atoms with Crippen molar-refractivity contribution in [1.29, 1.82) is 0 Å². The van der Waals surface area contributed by atoms with Gasteiger partial charge in [-0.3, -0.25) is 0 Å². The van der Waals surface area contributed by atoms with Gasteiger partial charge >= 0.3 is 0 Å². The Morgan fingerprint density at radius 3 is 2.50 bits per heavy atom. The van der Waals surface area contributed by atoms with Crippen LogP contribution < -0.4 is 5.73 Å². The van der Waals surface area contributed by atoms with Gasteiger partial charge in [0.1, 0.15) is 5.82 Å². The lowest BCUT2D eigenvalue weighted by Crippen LogP contribution is -2.09. The third-order valence-corrected chi connectivity index (χ3v) is 4.04. The second-order valence-corrected chi connectivity index (χ2v) is 6.29. The molecule has 5 heteroatoms. The molecule has 0 aliphatic rings. The largest absolute Gasteiger partial charge is 0.396 e. The van der Waals surface area contributed by atoms with E-state index in [1.165, 1.54) is 12.1 Å². The van der Waals surface area contributed by atoms with Crippen molar-refractivity contribution in [2.75, 3.05) is 11.5 Å². The summed E-state index contributed by atoms with van der Waals surface area (Å²) in [5, 5.41) is 0. The fourth-order valence-electron chi connectivity index (χ4n) is 1.21. The van der Waals surface area contributed by atoms with Gasteiger partial charge in [0.05, 0.1) is 16.3 Å². The van der Waals surface area contributed by atoms with E-state index in [-0.39, 0.29) is 16.3 Å². The maximum absolute atomic E-state index is 13.1. The van der Waals surface area contributed by atoms with E-state index in [4.69, 9.17) is 5.73 Å². The molecule has 0 aliphatic heterocycles. The average molecular weight is 245 g/mol. The molecule has 0 amide bonds. The highest BCUT2D eigenvalue weighted by atomic mass is 32.2. The number of nitrogens with two attached hydrogens (primary N) is 1. The molecular formula is C11H16FNO2S. The molecule has 0 fully saturated rings. The first-order valence-electron chi connectivity index (χ1n) is 5.10. The van der Waals surface area contributed by atoms with Crippen molar-refractivity contribution in [3.05, 3.63) is 24.0 Å². The number of benzene rings is 1. The molecule has 2 N–H and O–H groups in total. The van der Waals surface area contributed by atoms with E-state index in [0.717, 1.165) is 6.07 Å². The summed E-state index contributed by atoms with van der Waals surface area (Å²) < 4.78 is 36.7. The zero-order chi connectivity index (χ0) is 12.3. The lowest BCUT2D eigenvalue weighted by atomic mass is 10.2. The van der Waals surface area contributed by atoms with Crippen LogP contribution in [-0.2, 0) is 9.84 Å². The molecule has 0 unspecified atom stereocenters. The number of hydrogen-bond acceptors (Lipinski definition) is 3. The molecule has 0 spiro atoms. The van der Waals surface area contributed by atoms with Gasteiger partial charge in [-0.2, -0.15) is 0 Å². The number of nitrogen functional groups attached to an aromatic ring is 1. The normalized spacial score (nSPS) is 12.0. The van der Waals surface area contributed by atoms with Gasteiger partial charge in [-0.05, 0) is 30.5 Å². The fraction of sp³-hybridized carbons (Fsp3) is 0.455. The van der Waals surface area contributed by atoms with Gasteiger partial charge in [0.25, 0.3) is 0 Å². The molecule has 90 valence electrons. The molecule has 1 aromatic carbocycles. The van der Waals surface area contributed by atoms with Crippen LogP contribution in [0.2, 0.25) is 0 Å². The SMILES string of the molecule is CC(C)CCS(=O)(=O)c1ccc(N)c(F)c1. The van der Waals surface area contributed by atoms with Gasteiger partial charge in [0.2, 0.25) is 0 Å². The zero-order valence-corrected chi connectivity index (χ0v) is 10.2. The molecule has 0 saturated heterocycles. The number of halogens is 1. The molecule has 0 radical (unpaired) electrons. The Balaban J connectivity index is 2.94. The van der Waals surface area contributed by atoms with Crippen LogP contribution in [0.1, 0.15) is 20.3 Å². The highest BCUT2D eigenvalue weighted by molar-refractivity contribution is 7.91. The van der Waals surface area contributed by atoms with Crippen LogP contribution in [-0.4, -0.2) is 14.2 Å². The Bertz CT molecular complexity index is 469. The third kappa shape index (κ3) is 3.20. The van der Waals surface area contributed by atoms with Crippen LogP contribution in [0.5, 0.6) is 0 Å². The van der Waals surface area contributed by atoms with E-state index in [9.17, 15) is 12.8 Å². The quantitative estimate of drug-likeness (QED) is 0.827. The highest BCUT2D eigenvalue weighted by Crippen LogP contribution is 2.18. The van der Waals surface area contributed by atoms with Crippen LogP contribution in [0.3, 0.4) is 0 Å². The highest BCUT2D eigenvalue weighted by Gasteiger charge is 2.16. The first-order valence-corrected chi connectivity index (χ1v) is 6.76. The van der Waals surface area contributed by atoms with Crippen molar-refractivity contribution in [1.82, 2.24) is 0 Å². The maximum atomic E-state index is 13.1. The minimum absolute atomic E-state index is 0.000139. The van der Waals surface area contributed by atoms with Gasteiger partial charge in [-0.15, -0.1) is 0 Å². The molecule has 3 nitrogen and oxygen atoms in total. The molecule has 0 atom stereocenters. The Kier molecular flexibility index (Phi) is 3.91. The van der Waals surface area contributed by atoms with Gasteiger partial charge in [-0.25, -0.2) is 12.8 Å². The van der Waals surface area contributed by atoms with E-state index in [1.54, 1.807) is 0 Å². The number of anilines is 1. The summed E-state index contributed by atoms with van der Waals surface area (Å²) in [6.45, 7) is 3.89.